The van der Waals surface area contributed by atoms with Gasteiger partial charge >= 0.3 is 0 Å². The zero-order valence-corrected chi connectivity index (χ0v) is 10.7. The first kappa shape index (κ1) is 11.4. The molecule has 0 saturated heterocycles. The van der Waals surface area contributed by atoms with Gasteiger partial charge < -0.3 is 0 Å². The Morgan fingerprint density at radius 1 is 0.933 bits per heavy atom. The van der Waals surface area contributed by atoms with Gasteiger partial charge in [0.1, 0.15) is 0 Å². The summed E-state index contributed by atoms with van der Waals surface area (Å²) in [4.78, 5) is 2.85. The Morgan fingerprint density at radius 3 is 2.00 bits per heavy atom. The van der Waals surface area contributed by atoms with E-state index in [0.717, 1.165) is 24.0 Å². The van der Waals surface area contributed by atoms with Crippen molar-refractivity contribution >= 4 is 0 Å². The number of rotatable bonds is 3. The summed E-state index contributed by atoms with van der Waals surface area (Å²) in [6.45, 7) is 7.17. The van der Waals surface area contributed by atoms with Gasteiger partial charge in [-0.3, -0.25) is 4.90 Å². The summed E-state index contributed by atoms with van der Waals surface area (Å²) >= 11 is 0. The second kappa shape index (κ2) is 4.86. The zero-order chi connectivity index (χ0) is 10.8. The molecule has 15 heavy (non-hydrogen) atoms. The molecule has 0 spiro atoms. The monoisotopic (exact) mass is 209 g/mol. The van der Waals surface area contributed by atoms with E-state index in [1.807, 2.05) is 0 Å². The largest absolute Gasteiger partial charge is 0.295 e. The second-order valence-electron chi connectivity index (χ2n) is 6.06. The maximum atomic E-state index is 2.85. The third-order valence-electron chi connectivity index (χ3n) is 4.36. The highest BCUT2D eigenvalue weighted by atomic mass is 15.2. The Kier molecular flexibility index (Phi) is 3.71. The number of hydrogen-bond donors (Lipinski definition) is 0. The van der Waals surface area contributed by atoms with E-state index in [-0.39, 0.29) is 0 Å². The molecule has 0 bridgehead atoms. The minimum Gasteiger partial charge on any atom is -0.295 e. The first-order valence-corrected chi connectivity index (χ1v) is 6.96. The van der Waals surface area contributed by atoms with E-state index < -0.39 is 0 Å². The van der Waals surface area contributed by atoms with Crippen molar-refractivity contribution in [3.05, 3.63) is 0 Å². The summed E-state index contributed by atoms with van der Waals surface area (Å²) in [5.74, 6) is 0.986. The molecule has 1 nitrogen and oxygen atoms in total. The van der Waals surface area contributed by atoms with Crippen molar-refractivity contribution in [1.29, 1.82) is 0 Å². The van der Waals surface area contributed by atoms with Crippen LogP contribution in [0.15, 0.2) is 0 Å². The Labute approximate surface area is 95.2 Å². The molecule has 0 aromatic rings. The summed E-state index contributed by atoms with van der Waals surface area (Å²) in [7, 11) is 0. The van der Waals surface area contributed by atoms with Crippen LogP contribution < -0.4 is 0 Å². The Morgan fingerprint density at radius 2 is 1.53 bits per heavy atom. The van der Waals surface area contributed by atoms with Gasteiger partial charge in [0.15, 0.2) is 0 Å². The van der Waals surface area contributed by atoms with Crippen LogP contribution in [-0.4, -0.2) is 23.0 Å². The Hall–Kier alpha value is -0.0400. The number of nitrogens with zero attached hydrogens (tertiary/aromatic N) is 1. The topological polar surface area (TPSA) is 3.24 Å². The molecule has 88 valence electrons. The SMILES string of the molecule is CC(C)N(C1CCCCC1)[C@H]1C[C@H](C)C1. The van der Waals surface area contributed by atoms with E-state index in [2.05, 4.69) is 25.7 Å². The fourth-order valence-corrected chi connectivity index (χ4v) is 3.62. The van der Waals surface area contributed by atoms with Gasteiger partial charge in [-0.1, -0.05) is 26.2 Å². The van der Waals surface area contributed by atoms with Gasteiger partial charge in [0.25, 0.3) is 0 Å². The molecule has 0 aromatic carbocycles. The van der Waals surface area contributed by atoms with E-state index in [1.54, 1.807) is 0 Å². The standard InChI is InChI=1S/C14H27N/c1-11(2)15(14-9-12(3)10-14)13-7-5-4-6-8-13/h11-14H,4-10H2,1-3H3/t12-,14-. The molecule has 0 amide bonds. The van der Waals surface area contributed by atoms with E-state index in [4.69, 9.17) is 0 Å². The van der Waals surface area contributed by atoms with Crippen LogP contribution >= 0.6 is 0 Å². The van der Waals surface area contributed by atoms with Crippen molar-refractivity contribution < 1.29 is 0 Å². The van der Waals surface area contributed by atoms with Crippen LogP contribution in [-0.2, 0) is 0 Å². The van der Waals surface area contributed by atoms with Crippen LogP contribution in [0.5, 0.6) is 0 Å². The molecule has 0 radical (unpaired) electrons. The summed E-state index contributed by atoms with van der Waals surface area (Å²) in [6, 6.07) is 2.59. The molecule has 0 atom stereocenters. The Balaban J connectivity index is 1.92. The maximum Gasteiger partial charge on any atom is 0.0106 e. The first-order valence-electron chi connectivity index (χ1n) is 6.96. The summed E-state index contributed by atoms with van der Waals surface area (Å²) < 4.78 is 0. The quantitative estimate of drug-likeness (QED) is 0.683. The zero-order valence-electron chi connectivity index (χ0n) is 10.7. The van der Waals surface area contributed by atoms with Crippen LogP contribution in [0.2, 0.25) is 0 Å². The predicted octanol–water partition coefficient (Wildman–Crippen LogP) is 3.83. The van der Waals surface area contributed by atoms with E-state index in [9.17, 15) is 0 Å². The van der Waals surface area contributed by atoms with Crippen LogP contribution in [0, 0.1) is 5.92 Å². The lowest BCUT2D eigenvalue weighted by molar-refractivity contribution is 0.00836. The third kappa shape index (κ3) is 2.55. The average Bonchev–Trinajstić information content (AvgIpc) is 2.17. The molecule has 0 heterocycles. The van der Waals surface area contributed by atoms with Crippen molar-refractivity contribution in [2.45, 2.75) is 83.8 Å². The molecular formula is C14H27N. The van der Waals surface area contributed by atoms with Crippen molar-refractivity contribution in [3.63, 3.8) is 0 Å². The highest BCUT2D eigenvalue weighted by Gasteiger charge is 2.36. The lowest BCUT2D eigenvalue weighted by Gasteiger charge is -2.49. The fraction of sp³-hybridized carbons (Fsp3) is 1.00. The highest BCUT2D eigenvalue weighted by molar-refractivity contribution is 4.91. The molecule has 1 heteroatoms. The Bertz CT molecular complexity index is 188. The van der Waals surface area contributed by atoms with E-state index in [1.165, 1.54) is 44.9 Å². The minimum absolute atomic E-state index is 0.755. The van der Waals surface area contributed by atoms with Gasteiger partial charge in [-0.2, -0.15) is 0 Å². The second-order valence-corrected chi connectivity index (χ2v) is 6.06. The molecular weight excluding hydrogens is 182 g/mol. The summed E-state index contributed by atoms with van der Waals surface area (Å²) in [5, 5.41) is 0. The molecule has 0 aromatic heterocycles. The van der Waals surface area contributed by atoms with Gasteiger partial charge in [0.2, 0.25) is 0 Å². The molecule has 2 aliphatic rings. The third-order valence-corrected chi connectivity index (χ3v) is 4.36. The van der Waals surface area contributed by atoms with Crippen molar-refractivity contribution in [3.8, 4) is 0 Å². The smallest absolute Gasteiger partial charge is 0.0106 e. The molecule has 0 unspecified atom stereocenters. The molecule has 2 fully saturated rings. The van der Waals surface area contributed by atoms with Gasteiger partial charge in [-0.15, -0.1) is 0 Å². The van der Waals surface area contributed by atoms with Gasteiger partial charge in [0.05, 0.1) is 0 Å². The lowest BCUT2D eigenvalue weighted by atomic mass is 9.78. The van der Waals surface area contributed by atoms with Crippen LogP contribution in [0.1, 0.15) is 65.7 Å². The number of hydrogen-bond acceptors (Lipinski definition) is 1. The molecule has 0 N–H and O–H groups in total. The first-order chi connectivity index (χ1) is 7.18. The van der Waals surface area contributed by atoms with Gasteiger partial charge in [0, 0.05) is 18.1 Å². The lowest BCUT2D eigenvalue weighted by Crippen LogP contribution is -2.52. The summed E-state index contributed by atoms with van der Waals surface area (Å²) in [6.07, 6.45) is 10.2. The molecule has 0 aliphatic heterocycles. The maximum absolute atomic E-state index is 2.85. The van der Waals surface area contributed by atoms with E-state index >= 15 is 0 Å². The fourth-order valence-electron chi connectivity index (χ4n) is 3.62. The van der Waals surface area contributed by atoms with Crippen LogP contribution in [0.25, 0.3) is 0 Å². The predicted molar refractivity (Wildman–Crippen MR) is 66.0 cm³/mol. The highest BCUT2D eigenvalue weighted by Crippen LogP contribution is 2.36. The average molecular weight is 209 g/mol. The molecule has 2 aliphatic carbocycles. The van der Waals surface area contributed by atoms with E-state index in [0.29, 0.717) is 0 Å². The van der Waals surface area contributed by atoms with Gasteiger partial charge in [-0.05, 0) is 45.4 Å². The molecule has 2 saturated carbocycles. The van der Waals surface area contributed by atoms with Crippen molar-refractivity contribution in [1.82, 2.24) is 4.90 Å². The van der Waals surface area contributed by atoms with Crippen LogP contribution in [0.4, 0.5) is 0 Å². The van der Waals surface area contributed by atoms with Crippen LogP contribution in [0.3, 0.4) is 0 Å². The molecule has 2 rings (SSSR count). The van der Waals surface area contributed by atoms with Crippen molar-refractivity contribution in [2.75, 3.05) is 0 Å². The normalized spacial score (nSPS) is 33.4. The minimum atomic E-state index is 0.755. The summed E-state index contributed by atoms with van der Waals surface area (Å²) in [5.41, 5.74) is 0. The van der Waals surface area contributed by atoms with Crippen molar-refractivity contribution in [2.24, 2.45) is 5.92 Å². The van der Waals surface area contributed by atoms with Gasteiger partial charge in [-0.25, -0.2) is 0 Å².